The molecule has 0 N–H and O–H groups in total. The molecule has 2 radical (unpaired) electrons. The van der Waals surface area contributed by atoms with Gasteiger partial charge in [-0.1, -0.05) is 38.5 Å². The van der Waals surface area contributed by atoms with Crippen LogP contribution in [-0.2, 0) is 4.89 Å². The summed E-state index contributed by atoms with van der Waals surface area (Å²) in [7, 11) is 0. The fraction of sp³-hybridized carbons (Fsp3) is 0.533. The quantitative estimate of drug-likeness (QED) is 0.717. The van der Waals surface area contributed by atoms with Gasteiger partial charge < -0.3 is 4.89 Å². The van der Waals surface area contributed by atoms with Gasteiger partial charge in [0, 0.05) is 5.56 Å². The number of benzene rings is 1. The predicted molar refractivity (Wildman–Crippen MR) is 70.9 cm³/mol. The molecule has 1 unspecified atom stereocenters. The molecule has 0 spiro atoms. The monoisotopic (exact) mass is 247 g/mol. The molecule has 18 heavy (non-hydrogen) atoms. The minimum atomic E-state index is 0.0847. The summed E-state index contributed by atoms with van der Waals surface area (Å²) in [5.41, 5.74) is 1.15. The van der Waals surface area contributed by atoms with Gasteiger partial charge in [-0.3, -0.25) is 4.90 Å². The number of fused-ring (bicyclic) bond motifs is 1. The molecule has 1 atom stereocenters. The molecule has 0 saturated carbocycles. The Hall–Kier alpha value is -1.06. The van der Waals surface area contributed by atoms with E-state index in [1.165, 1.54) is 12.8 Å². The Morgan fingerprint density at radius 3 is 2.78 bits per heavy atom. The van der Waals surface area contributed by atoms with Crippen LogP contribution in [0.4, 0.5) is 0 Å². The maximum atomic E-state index is 5.15. The van der Waals surface area contributed by atoms with Gasteiger partial charge in [-0.2, -0.15) is 4.89 Å². The van der Waals surface area contributed by atoms with Crippen LogP contribution in [-0.4, -0.2) is 18.0 Å². The van der Waals surface area contributed by atoms with Crippen molar-refractivity contribution in [2.75, 3.05) is 13.1 Å². The minimum Gasteiger partial charge on any atom is -0.336 e. The Labute approximate surface area is 110 Å². The highest BCUT2D eigenvalue weighted by atomic mass is 17.2. The highest BCUT2D eigenvalue weighted by Crippen LogP contribution is 2.35. The van der Waals surface area contributed by atoms with Gasteiger partial charge in [-0.25, -0.2) is 0 Å². The third-order valence-corrected chi connectivity index (χ3v) is 3.18. The van der Waals surface area contributed by atoms with Crippen LogP contribution in [0.15, 0.2) is 24.3 Å². The van der Waals surface area contributed by atoms with E-state index in [-0.39, 0.29) is 6.04 Å². The molecule has 0 saturated heterocycles. The molecule has 0 aliphatic carbocycles. The Kier molecular flexibility index (Phi) is 5.02. The first-order valence-corrected chi connectivity index (χ1v) is 6.78. The molecule has 0 fully saturated rings. The number of para-hydroxylation sites is 1. The average Bonchev–Trinajstić information content (AvgIpc) is 2.43. The molecule has 1 aromatic carbocycles. The van der Waals surface area contributed by atoms with E-state index >= 15 is 0 Å². The smallest absolute Gasteiger partial charge is 0.211 e. The maximum Gasteiger partial charge on any atom is 0.211 e. The summed E-state index contributed by atoms with van der Waals surface area (Å²) < 4.78 is 0. The Morgan fingerprint density at radius 2 is 2.00 bits per heavy atom. The number of nitrogens with zero attached hydrogens (tertiary/aromatic N) is 1. The first-order chi connectivity index (χ1) is 8.86. The largest absolute Gasteiger partial charge is 0.336 e. The summed E-state index contributed by atoms with van der Waals surface area (Å²) >= 11 is 0. The van der Waals surface area contributed by atoms with E-state index in [0.717, 1.165) is 30.8 Å². The van der Waals surface area contributed by atoms with Crippen LogP contribution in [0, 0.1) is 6.61 Å². The zero-order chi connectivity index (χ0) is 12.8. The van der Waals surface area contributed by atoms with Crippen LogP contribution in [0.2, 0.25) is 0 Å². The Bertz CT molecular complexity index is 367. The van der Waals surface area contributed by atoms with E-state index in [2.05, 4.69) is 31.4 Å². The summed E-state index contributed by atoms with van der Waals surface area (Å²) in [5.74, 6) is 0.804. The second-order valence-electron chi connectivity index (χ2n) is 4.61. The second-order valence-corrected chi connectivity index (χ2v) is 4.61. The zero-order valence-corrected chi connectivity index (χ0v) is 11.2. The lowest BCUT2D eigenvalue weighted by atomic mass is 10.0. The van der Waals surface area contributed by atoms with Gasteiger partial charge in [-0.15, -0.1) is 0 Å². The molecule has 2 rings (SSSR count). The van der Waals surface area contributed by atoms with Gasteiger partial charge >= 0.3 is 0 Å². The van der Waals surface area contributed by atoms with E-state index in [0.29, 0.717) is 0 Å². The fourth-order valence-electron chi connectivity index (χ4n) is 2.25. The zero-order valence-electron chi connectivity index (χ0n) is 11.2. The van der Waals surface area contributed by atoms with Crippen molar-refractivity contribution in [2.24, 2.45) is 0 Å². The van der Waals surface area contributed by atoms with Gasteiger partial charge in [-0.05, 0) is 32.0 Å². The second kappa shape index (κ2) is 6.76. The van der Waals surface area contributed by atoms with Crippen LogP contribution in [0.25, 0.3) is 0 Å². The molecule has 0 aromatic heterocycles. The lowest BCUT2D eigenvalue weighted by Gasteiger charge is -2.33. The van der Waals surface area contributed by atoms with Gasteiger partial charge in [0.05, 0.1) is 6.04 Å². The maximum absolute atomic E-state index is 5.15. The molecular weight excluding hydrogens is 226 g/mol. The van der Waals surface area contributed by atoms with Crippen LogP contribution in [0.1, 0.15) is 44.7 Å². The van der Waals surface area contributed by atoms with E-state index < -0.39 is 0 Å². The van der Waals surface area contributed by atoms with E-state index in [9.17, 15) is 0 Å². The summed E-state index contributed by atoms with van der Waals surface area (Å²) in [5, 5.41) is 0. The normalized spacial score (nSPS) is 18.5. The molecular formula is C15H21NO2. The van der Waals surface area contributed by atoms with Crippen molar-refractivity contribution in [2.45, 2.75) is 39.2 Å². The van der Waals surface area contributed by atoms with E-state index in [1.54, 1.807) is 0 Å². The summed E-state index contributed by atoms with van der Waals surface area (Å²) in [6.07, 6.45) is 3.53. The van der Waals surface area contributed by atoms with E-state index in [4.69, 9.17) is 9.78 Å². The molecule has 0 bridgehead atoms. The number of hydrogen-bond donors (Lipinski definition) is 0. The van der Waals surface area contributed by atoms with Gasteiger partial charge in [0.25, 0.3) is 0 Å². The van der Waals surface area contributed by atoms with Crippen molar-refractivity contribution in [3.63, 3.8) is 0 Å². The van der Waals surface area contributed by atoms with E-state index in [1.807, 2.05) is 18.2 Å². The van der Waals surface area contributed by atoms with Crippen LogP contribution in [0.3, 0.4) is 0 Å². The SMILES string of the molecule is CCCCN(CCC)C1[C]OOc2ccccc21. The summed E-state index contributed by atoms with van der Waals surface area (Å²) in [4.78, 5) is 12.6. The number of rotatable bonds is 6. The highest BCUT2D eigenvalue weighted by Gasteiger charge is 2.28. The number of hydrogen-bond acceptors (Lipinski definition) is 3. The molecule has 3 heteroatoms. The average molecular weight is 247 g/mol. The molecule has 0 amide bonds. The van der Waals surface area contributed by atoms with Crippen molar-refractivity contribution in [1.82, 2.24) is 4.90 Å². The molecule has 1 aliphatic heterocycles. The van der Waals surface area contributed by atoms with Gasteiger partial charge in [0.1, 0.15) is 0 Å². The topological polar surface area (TPSA) is 21.7 Å². The molecule has 1 aliphatic rings. The molecule has 1 heterocycles. The third-order valence-electron chi connectivity index (χ3n) is 3.18. The van der Waals surface area contributed by atoms with Crippen molar-refractivity contribution in [3.05, 3.63) is 36.4 Å². The van der Waals surface area contributed by atoms with Crippen molar-refractivity contribution < 1.29 is 9.78 Å². The first kappa shape index (κ1) is 13.4. The van der Waals surface area contributed by atoms with Crippen LogP contribution >= 0.6 is 0 Å². The molecule has 3 nitrogen and oxygen atoms in total. The first-order valence-electron chi connectivity index (χ1n) is 6.78. The van der Waals surface area contributed by atoms with Crippen LogP contribution < -0.4 is 4.89 Å². The fourth-order valence-corrected chi connectivity index (χ4v) is 2.25. The Balaban J connectivity index is 2.15. The van der Waals surface area contributed by atoms with Gasteiger partial charge in [0.15, 0.2) is 5.75 Å². The minimum absolute atomic E-state index is 0.0847. The number of unbranched alkanes of at least 4 members (excludes halogenated alkanes) is 1. The molecule has 1 aromatic rings. The highest BCUT2D eigenvalue weighted by molar-refractivity contribution is 5.37. The summed E-state index contributed by atoms with van der Waals surface area (Å²) in [6, 6.07) is 8.10. The van der Waals surface area contributed by atoms with Crippen molar-refractivity contribution >= 4 is 0 Å². The van der Waals surface area contributed by atoms with Crippen LogP contribution in [0.5, 0.6) is 5.75 Å². The lowest BCUT2D eigenvalue weighted by Crippen LogP contribution is -2.33. The third kappa shape index (κ3) is 3.03. The molecule has 98 valence electrons. The van der Waals surface area contributed by atoms with Crippen molar-refractivity contribution in [1.29, 1.82) is 0 Å². The van der Waals surface area contributed by atoms with Gasteiger partial charge in [0.2, 0.25) is 6.61 Å². The standard InChI is InChI=1S/C15H21NO2/c1-3-5-11-16(10-4-2)14-12-17-18-15-9-7-6-8-13(14)15/h6-9,14H,3-5,10-11H2,1-2H3. The predicted octanol–water partition coefficient (Wildman–Crippen LogP) is 3.60. The van der Waals surface area contributed by atoms with Crippen molar-refractivity contribution in [3.8, 4) is 5.75 Å². The lowest BCUT2D eigenvalue weighted by molar-refractivity contribution is -0.197. The summed E-state index contributed by atoms with van der Waals surface area (Å²) in [6.45, 7) is 9.51. The Morgan fingerprint density at radius 1 is 1.17 bits per heavy atom.